The summed E-state index contributed by atoms with van der Waals surface area (Å²) in [7, 11) is 0. The van der Waals surface area contributed by atoms with Crippen LogP contribution < -0.4 is 0 Å². The molecule has 0 saturated carbocycles. The fourth-order valence-electron chi connectivity index (χ4n) is 3.02. The van der Waals surface area contributed by atoms with Crippen LogP contribution in [0.4, 0.5) is 0 Å². The Morgan fingerprint density at radius 2 is 1.59 bits per heavy atom. The molecule has 2 aromatic carbocycles. The maximum atomic E-state index is 12.9. The molecule has 3 nitrogen and oxygen atoms in total. The fourth-order valence-corrected chi connectivity index (χ4v) is 3.02. The van der Waals surface area contributed by atoms with Crippen molar-refractivity contribution < 1.29 is 9.53 Å². The largest absolute Gasteiger partial charge is 0.377 e. The number of benzene rings is 2. The van der Waals surface area contributed by atoms with Crippen molar-refractivity contribution in [1.82, 2.24) is 4.90 Å². The lowest BCUT2D eigenvalue weighted by Gasteiger charge is -2.38. The van der Waals surface area contributed by atoms with Gasteiger partial charge < -0.3 is 9.64 Å². The molecule has 3 heteroatoms. The van der Waals surface area contributed by atoms with Gasteiger partial charge in [-0.15, -0.1) is 0 Å². The number of hydrogen-bond acceptors (Lipinski definition) is 2. The van der Waals surface area contributed by atoms with Gasteiger partial charge in [0, 0.05) is 5.56 Å². The molecule has 0 bridgehead atoms. The molecule has 0 radical (unpaired) electrons. The van der Waals surface area contributed by atoms with Gasteiger partial charge in [0.25, 0.3) is 5.91 Å². The highest BCUT2D eigenvalue weighted by atomic mass is 16.5. The molecule has 2 unspecified atom stereocenters. The molecule has 1 aliphatic heterocycles. The summed E-state index contributed by atoms with van der Waals surface area (Å²) in [6.07, 6.45) is 0. The molecule has 2 atom stereocenters. The Hall–Kier alpha value is -2.13. The van der Waals surface area contributed by atoms with Gasteiger partial charge in [0.05, 0.1) is 25.3 Å². The molecule has 0 aliphatic carbocycles. The van der Waals surface area contributed by atoms with Crippen molar-refractivity contribution in [3.63, 3.8) is 0 Å². The summed E-state index contributed by atoms with van der Waals surface area (Å²) < 4.78 is 5.51. The first-order chi connectivity index (χ1) is 10.7. The number of hydrogen-bond donors (Lipinski definition) is 0. The van der Waals surface area contributed by atoms with E-state index in [1.807, 2.05) is 61.2 Å². The predicted octanol–water partition coefficient (Wildman–Crippen LogP) is 3.60. The highest BCUT2D eigenvalue weighted by Crippen LogP contribution is 2.23. The number of nitrogens with zero attached hydrogens (tertiary/aromatic N) is 1. The van der Waals surface area contributed by atoms with Crippen molar-refractivity contribution in [2.45, 2.75) is 25.9 Å². The zero-order chi connectivity index (χ0) is 15.5. The summed E-state index contributed by atoms with van der Waals surface area (Å²) in [5.41, 5.74) is 2.93. The van der Waals surface area contributed by atoms with E-state index in [0.717, 1.165) is 16.7 Å². The van der Waals surface area contributed by atoms with Crippen LogP contribution in [-0.4, -0.2) is 36.1 Å². The standard InChI is InChI=1S/C19H21NO2/c1-14-12-22-13-15(2)20(14)19(21)18-10-6-9-17(11-18)16-7-4-3-5-8-16/h3-11,14-15H,12-13H2,1-2H3. The van der Waals surface area contributed by atoms with Crippen LogP contribution in [0.25, 0.3) is 11.1 Å². The minimum Gasteiger partial charge on any atom is -0.377 e. The molecule has 1 amide bonds. The summed E-state index contributed by atoms with van der Waals surface area (Å²) in [4.78, 5) is 14.8. The summed E-state index contributed by atoms with van der Waals surface area (Å²) in [5, 5.41) is 0. The van der Waals surface area contributed by atoms with Crippen LogP contribution in [0.15, 0.2) is 54.6 Å². The third kappa shape index (κ3) is 2.90. The van der Waals surface area contributed by atoms with Gasteiger partial charge in [-0.1, -0.05) is 42.5 Å². The van der Waals surface area contributed by atoms with Gasteiger partial charge in [-0.2, -0.15) is 0 Å². The summed E-state index contributed by atoms with van der Waals surface area (Å²) in [5.74, 6) is 0.0843. The van der Waals surface area contributed by atoms with Gasteiger partial charge >= 0.3 is 0 Å². The van der Waals surface area contributed by atoms with E-state index in [4.69, 9.17) is 4.74 Å². The topological polar surface area (TPSA) is 29.5 Å². The van der Waals surface area contributed by atoms with Crippen molar-refractivity contribution in [1.29, 1.82) is 0 Å². The Balaban J connectivity index is 1.90. The van der Waals surface area contributed by atoms with Crippen molar-refractivity contribution in [2.24, 2.45) is 0 Å². The predicted molar refractivity (Wildman–Crippen MR) is 87.8 cm³/mol. The van der Waals surface area contributed by atoms with E-state index >= 15 is 0 Å². The SMILES string of the molecule is CC1COCC(C)N1C(=O)c1cccc(-c2ccccc2)c1. The minimum absolute atomic E-state index is 0.0843. The first kappa shape index (κ1) is 14.8. The molecule has 0 aromatic heterocycles. The normalized spacial score (nSPS) is 21.6. The molecular formula is C19H21NO2. The molecular weight excluding hydrogens is 274 g/mol. The molecule has 1 aliphatic rings. The Bertz CT molecular complexity index is 643. The Kier molecular flexibility index (Phi) is 4.25. The smallest absolute Gasteiger partial charge is 0.254 e. The lowest BCUT2D eigenvalue weighted by Crippen LogP contribution is -2.52. The van der Waals surface area contributed by atoms with Crippen molar-refractivity contribution in [2.75, 3.05) is 13.2 Å². The van der Waals surface area contributed by atoms with Gasteiger partial charge in [-0.25, -0.2) is 0 Å². The second kappa shape index (κ2) is 6.32. The minimum atomic E-state index is 0.0843. The van der Waals surface area contributed by atoms with Crippen LogP contribution in [0.2, 0.25) is 0 Å². The van der Waals surface area contributed by atoms with Crippen molar-refractivity contribution in [3.05, 3.63) is 60.2 Å². The second-order valence-electron chi connectivity index (χ2n) is 5.89. The third-order valence-corrected chi connectivity index (χ3v) is 4.12. The third-order valence-electron chi connectivity index (χ3n) is 4.12. The second-order valence-corrected chi connectivity index (χ2v) is 5.89. The van der Waals surface area contributed by atoms with E-state index in [1.165, 1.54) is 0 Å². The maximum absolute atomic E-state index is 12.9. The molecule has 1 saturated heterocycles. The zero-order valence-corrected chi connectivity index (χ0v) is 13.0. The Labute approximate surface area is 131 Å². The van der Waals surface area contributed by atoms with Gasteiger partial charge in [0.2, 0.25) is 0 Å². The van der Waals surface area contributed by atoms with Gasteiger partial charge in [-0.3, -0.25) is 4.79 Å². The number of ether oxygens (including phenoxy) is 1. The van der Waals surface area contributed by atoms with E-state index in [2.05, 4.69) is 12.1 Å². The van der Waals surface area contributed by atoms with Crippen LogP contribution in [0.5, 0.6) is 0 Å². The van der Waals surface area contributed by atoms with Gasteiger partial charge in [-0.05, 0) is 37.1 Å². The van der Waals surface area contributed by atoms with Crippen LogP contribution in [0.1, 0.15) is 24.2 Å². The average molecular weight is 295 g/mol. The van der Waals surface area contributed by atoms with E-state index in [0.29, 0.717) is 13.2 Å². The van der Waals surface area contributed by atoms with Crippen LogP contribution in [0.3, 0.4) is 0 Å². The lowest BCUT2D eigenvalue weighted by atomic mass is 10.0. The number of rotatable bonds is 2. The van der Waals surface area contributed by atoms with E-state index in [9.17, 15) is 4.79 Å². The number of carbonyl (C=O) groups excluding carboxylic acids is 1. The molecule has 2 aromatic rings. The van der Waals surface area contributed by atoms with E-state index in [1.54, 1.807) is 0 Å². The molecule has 3 rings (SSSR count). The zero-order valence-electron chi connectivity index (χ0n) is 13.0. The van der Waals surface area contributed by atoms with Crippen molar-refractivity contribution >= 4 is 5.91 Å². The van der Waals surface area contributed by atoms with Crippen LogP contribution in [-0.2, 0) is 4.74 Å². The summed E-state index contributed by atoms with van der Waals surface area (Å²) in [6.45, 7) is 5.28. The van der Waals surface area contributed by atoms with E-state index < -0.39 is 0 Å². The van der Waals surface area contributed by atoms with Crippen LogP contribution >= 0.6 is 0 Å². The average Bonchev–Trinajstić information content (AvgIpc) is 2.55. The van der Waals surface area contributed by atoms with Crippen molar-refractivity contribution in [3.8, 4) is 11.1 Å². The molecule has 0 spiro atoms. The quantitative estimate of drug-likeness (QED) is 0.847. The molecule has 114 valence electrons. The number of carbonyl (C=O) groups is 1. The molecule has 0 N–H and O–H groups in total. The molecule has 1 heterocycles. The first-order valence-electron chi connectivity index (χ1n) is 7.72. The number of amides is 1. The summed E-state index contributed by atoms with van der Waals surface area (Å²) >= 11 is 0. The highest BCUT2D eigenvalue weighted by molar-refractivity contribution is 5.96. The van der Waals surface area contributed by atoms with Gasteiger partial charge in [0.15, 0.2) is 0 Å². The first-order valence-corrected chi connectivity index (χ1v) is 7.72. The fraction of sp³-hybridized carbons (Fsp3) is 0.316. The molecule has 22 heavy (non-hydrogen) atoms. The maximum Gasteiger partial charge on any atom is 0.254 e. The summed E-state index contributed by atoms with van der Waals surface area (Å²) in [6, 6.07) is 18.2. The molecule has 1 fully saturated rings. The number of morpholine rings is 1. The Morgan fingerprint density at radius 3 is 2.27 bits per heavy atom. The monoisotopic (exact) mass is 295 g/mol. The lowest BCUT2D eigenvalue weighted by molar-refractivity contribution is -0.0249. The van der Waals surface area contributed by atoms with Crippen LogP contribution in [0, 0.1) is 0 Å². The van der Waals surface area contributed by atoms with E-state index in [-0.39, 0.29) is 18.0 Å². The van der Waals surface area contributed by atoms with Gasteiger partial charge in [0.1, 0.15) is 0 Å². The Morgan fingerprint density at radius 1 is 0.955 bits per heavy atom. The highest BCUT2D eigenvalue weighted by Gasteiger charge is 2.30.